The van der Waals surface area contributed by atoms with Gasteiger partial charge in [-0.1, -0.05) is 13.3 Å². The predicted octanol–water partition coefficient (Wildman–Crippen LogP) is 3.48. The van der Waals surface area contributed by atoms with Crippen molar-refractivity contribution < 1.29 is 13.2 Å². The van der Waals surface area contributed by atoms with Gasteiger partial charge in [-0.25, -0.2) is 13.4 Å². The van der Waals surface area contributed by atoms with Crippen molar-refractivity contribution in [2.24, 2.45) is 0 Å². The quantitative estimate of drug-likeness (QED) is 0.648. The lowest BCUT2D eigenvalue weighted by Crippen LogP contribution is -2.27. The van der Waals surface area contributed by atoms with Gasteiger partial charge in [0.05, 0.1) is 23.0 Å². The summed E-state index contributed by atoms with van der Waals surface area (Å²) in [5.74, 6) is 0.732. The minimum Gasteiger partial charge on any atom is -0.342 e. The fourth-order valence-electron chi connectivity index (χ4n) is 3.66. The molecule has 8 heteroatoms. The molecule has 152 valence electrons. The number of hydrogen-bond acceptors (Lipinski definition) is 4. The Kier molecular flexibility index (Phi) is 5.04. The first-order valence-corrected chi connectivity index (χ1v) is 11.6. The Morgan fingerprint density at radius 2 is 2.07 bits per heavy atom. The molecular formula is C21H24N4O3S. The molecule has 4 rings (SSSR count). The van der Waals surface area contributed by atoms with E-state index < -0.39 is 10.0 Å². The number of carbonyl (C=O) groups excluding carboxylic acids is 1. The summed E-state index contributed by atoms with van der Waals surface area (Å²) in [6.45, 7) is 2.56. The molecule has 0 radical (unpaired) electrons. The highest BCUT2D eigenvalue weighted by molar-refractivity contribution is 7.92. The number of amides is 1. The van der Waals surface area contributed by atoms with E-state index in [-0.39, 0.29) is 5.91 Å². The van der Waals surface area contributed by atoms with Crippen LogP contribution in [-0.2, 0) is 22.9 Å². The fraction of sp³-hybridized carbons (Fsp3) is 0.333. The van der Waals surface area contributed by atoms with Gasteiger partial charge in [-0.3, -0.25) is 9.10 Å². The molecule has 1 amide bonds. The third-order valence-electron chi connectivity index (χ3n) is 5.15. The zero-order chi connectivity index (χ0) is 20.6. The van der Waals surface area contributed by atoms with E-state index in [0.717, 1.165) is 41.7 Å². The molecular weight excluding hydrogens is 388 g/mol. The summed E-state index contributed by atoms with van der Waals surface area (Å²) in [5, 5.41) is 2.92. The summed E-state index contributed by atoms with van der Waals surface area (Å²) in [6, 6.07) is 10.8. The second-order valence-corrected chi connectivity index (χ2v) is 9.31. The number of carbonyl (C=O) groups is 1. The standard InChI is InChI=1S/C21H24N4O3S/c1-3-4-5-20-23-17-8-7-16(13-18(17)24-20)22-21(26)15-6-9-19-14(12-15)10-11-25(19)29(2,27)28/h6-9,12-13H,3-5,10-11H2,1-2H3,(H,22,26)(H,23,24). The zero-order valence-electron chi connectivity index (χ0n) is 16.5. The molecule has 2 aromatic carbocycles. The Balaban J connectivity index is 1.52. The number of hydrogen-bond donors (Lipinski definition) is 2. The van der Waals surface area contributed by atoms with Gasteiger partial charge in [0.2, 0.25) is 10.0 Å². The van der Waals surface area contributed by atoms with E-state index in [9.17, 15) is 13.2 Å². The van der Waals surface area contributed by atoms with E-state index in [4.69, 9.17) is 0 Å². The molecule has 1 aliphatic heterocycles. The fourth-order valence-corrected chi connectivity index (χ4v) is 4.62. The van der Waals surface area contributed by atoms with Crippen molar-refractivity contribution in [1.82, 2.24) is 9.97 Å². The molecule has 0 saturated heterocycles. The molecule has 0 fully saturated rings. The molecule has 1 aromatic heterocycles. The SMILES string of the molecule is CCCCc1nc2ccc(NC(=O)c3ccc4c(c3)CCN4S(C)(=O)=O)cc2[nH]1. The maximum atomic E-state index is 12.7. The van der Waals surface area contributed by atoms with Gasteiger partial charge in [0, 0.05) is 24.2 Å². The Hall–Kier alpha value is -2.87. The van der Waals surface area contributed by atoms with Crippen molar-refractivity contribution in [3.8, 4) is 0 Å². The summed E-state index contributed by atoms with van der Waals surface area (Å²) in [6.07, 6.45) is 4.90. The number of aryl methyl sites for hydroxylation is 1. The highest BCUT2D eigenvalue weighted by atomic mass is 32.2. The minimum atomic E-state index is -3.30. The topological polar surface area (TPSA) is 95.2 Å². The van der Waals surface area contributed by atoms with Crippen molar-refractivity contribution in [3.05, 3.63) is 53.3 Å². The van der Waals surface area contributed by atoms with Crippen LogP contribution in [0.4, 0.5) is 11.4 Å². The predicted molar refractivity (Wildman–Crippen MR) is 115 cm³/mol. The molecule has 0 spiro atoms. The third-order valence-corrected chi connectivity index (χ3v) is 6.33. The van der Waals surface area contributed by atoms with Gasteiger partial charge in [0.25, 0.3) is 5.91 Å². The summed E-state index contributed by atoms with van der Waals surface area (Å²) < 4.78 is 25.1. The van der Waals surface area contributed by atoms with Crippen LogP contribution >= 0.6 is 0 Å². The normalized spacial score (nSPS) is 13.7. The molecule has 0 bridgehead atoms. The second kappa shape index (κ2) is 7.51. The largest absolute Gasteiger partial charge is 0.342 e. The molecule has 2 heterocycles. The molecule has 0 aliphatic carbocycles. The third kappa shape index (κ3) is 3.98. The lowest BCUT2D eigenvalue weighted by molar-refractivity contribution is 0.102. The highest BCUT2D eigenvalue weighted by Gasteiger charge is 2.26. The molecule has 0 unspecified atom stereocenters. The number of imidazole rings is 1. The molecule has 0 atom stereocenters. The van der Waals surface area contributed by atoms with E-state index in [1.807, 2.05) is 18.2 Å². The highest BCUT2D eigenvalue weighted by Crippen LogP contribution is 2.31. The summed E-state index contributed by atoms with van der Waals surface area (Å²) in [5.41, 5.74) is 4.49. The van der Waals surface area contributed by atoms with E-state index in [2.05, 4.69) is 22.2 Å². The van der Waals surface area contributed by atoms with Crippen molar-refractivity contribution in [3.63, 3.8) is 0 Å². The zero-order valence-corrected chi connectivity index (χ0v) is 17.3. The van der Waals surface area contributed by atoms with Crippen LogP contribution in [0.25, 0.3) is 11.0 Å². The monoisotopic (exact) mass is 412 g/mol. The van der Waals surface area contributed by atoms with Crippen LogP contribution in [0.3, 0.4) is 0 Å². The number of anilines is 2. The van der Waals surface area contributed by atoms with E-state index in [1.165, 1.54) is 10.6 Å². The number of nitrogens with one attached hydrogen (secondary N) is 2. The number of H-pyrrole nitrogens is 1. The van der Waals surface area contributed by atoms with Gasteiger partial charge < -0.3 is 10.3 Å². The van der Waals surface area contributed by atoms with Crippen molar-refractivity contribution in [1.29, 1.82) is 0 Å². The first-order chi connectivity index (χ1) is 13.8. The van der Waals surface area contributed by atoms with Crippen molar-refractivity contribution in [2.75, 3.05) is 22.4 Å². The summed E-state index contributed by atoms with van der Waals surface area (Å²) in [4.78, 5) is 20.6. The minimum absolute atomic E-state index is 0.226. The van der Waals surface area contributed by atoms with Gasteiger partial charge in [-0.2, -0.15) is 0 Å². The first-order valence-electron chi connectivity index (χ1n) is 9.76. The van der Waals surface area contributed by atoms with Gasteiger partial charge in [-0.15, -0.1) is 0 Å². The van der Waals surface area contributed by atoms with E-state index >= 15 is 0 Å². The molecule has 0 saturated carbocycles. The summed E-state index contributed by atoms with van der Waals surface area (Å²) in [7, 11) is -3.30. The molecule has 29 heavy (non-hydrogen) atoms. The van der Waals surface area contributed by atoms with Crippen LogP contribution in [-0.4, -0.2) is 37.1 Å². The van der Waals surface area contributed by atoms with E-state index in [1.54, 1.807) is 18.2 Å². The summed E-state index contributed by atoms with van der Waals surface area (Å²) >= 11 is 0. The number of unbranched alkanes of at least 4 members (excludes halogenated alkanes) is 1. The van der Waals surface area contributed by atoms with Crippen LogP contribution in [0.5, 0.6) is 0 Å². The number of rotatable bonds is 6. The van der Waals surface area contributed by atoms with Gasteiger partial charge in [0.15, 0.2) is 0 Å². The maximum Gasteiger partial charge on any atom is 0.255 e. The van der Waals surface area contributed by atoms with Gasteiger partial charge in [-0.05, 0) is 54.8 Å². The van der Waals surface area contributed by atoms with Gasteiger partial charge in [0.1, 0.15) is 5.82 Å². The van der Waals surface area contributed by atoms with Crippen LogP contribution in [0.15, 0.2) is 36.4 Å². The number of aromatic nitrogens is 2. The second-order valence-electron chi connectivity index (χ2n) is 7.40. The molecule has 1 aliphatic rings. The van der Waals surface area contributed by atoms with E-state index in [0.29, 0.717) is 29.9 Å². The van der Waals surface area contributed by atoms with Gasteiger partial charge >= 0.3 is 0 Å². The number of benzene rings is 2. The Labute approximate surface area is 170 Å². The Bertz CT molecular complexity index is 1180. The number of aromatic amines is 1. The van der Waals surface area contributed by atoms with Crippen LogP contribution in [0.1, 0.15) is 41.5 Å². The number of sulfonamides is 1. The lowest BCUT2D eigenvalue weighted by atomic mass is 10.1. The van der Waals surface area contributed by atoms with Crippen LogP contribution in [0, 0.1) is 0 Å². The Morgan fingerprint density at radius 3 is 2.83 bits per heavy atom. The maximum absolute atomic E-state index is 12.7. The van der Waals surface area contributed by atoms with Crippen molar-refractivity contribution >= 4 is 38.3 Å². The number of fused-ring (bicyclic) bond motifs is 2. The molecule has 7 nitrogen and oxygen atoms in total. The molecule has 2 N–H and O–H groups in total. The van der Waals surface area contributed by atoms with Crippen molar-refractivity contribution in [2.45, 2.75) is 32.6 Å². The number of nitrogens with zero attached hydrogens (tertiary/aromatic N) is 2. The lowest BCUT2D eigenvalue weighted by Gasteiger charge is -2.16. The average molecular weight is 413 g/mol. The van der Waals surface area contributed by atoms with Crippen LogP contribution < -0.4 is 9.62 Å². The molecule has 3 aromatic rings. The van der Waals surface area contributed by atoms with Crippen LogP contribution in [0.2, 0.25) is 0 Å². The smallest absolute Gasteiger partial charge is 0.255 e. The average Bonchev–Trinajstić information content (AvgIpc) is 3.28. The Morgan fingerprint density at radius 1 is 1.24 bits per heavy atom. The first kappa shape index (κ1) is 19.4.